The summed E-state index contributed by atoms with van der Waals surface area (Å²) in [6.45, 7) is 10.4. The first-order chi connectivity index (χ1) is 19.2. The Morgan fingerprint density at radius 2 is 1.30 bits per heavy atom. The van der Waals surface area contributed by atoms with Crippen molar-refractivity contribution in [3.63, 3.8) is 0 Å². The normalized spacial score (nSPS) is 17.9. The van der Waals surface area contributed by atoms with E-state index in [2.05, 4.69) is 69.0 Å². The molecule has 0 aliphatic carbocycles. The van der Waals surface area contributed by atoms with Crippen LogP contribution in [-0.2, 0) is 14.3 Å². The fraction of sp³-hybridized carbons (Fsp3) is 0.412. The van der Waals surface area contributed by atoms with Crippen LogP contribution >= 0.6 is 0 Å². The molecule has 0 N–H and O–H groups in total. The van der Waals surface area contributed by atoms with Gasteiger partial charge in [-0.25, -0.2) is 0 Å². The smallest absolute Gasteiger partial charge is 0.305 e. The first-order valence-electron chi connectivity index (χ1n) is 14.0. The van der Waals surface area contributed by atoms with Crippen molar-refractivity contribution < 1.29 is 23.8 Å². The van der Waals surface area contributed by atoms with Gasteiger partial charge in [0.15, 0.2) is 5.78 Å². The van der Waals surface area contributed by atoms with Gasteiger partial charge in [0, 0.05) is 12.8 Å². The summed E-state index contributed by atoms with van der Waals surface area (Å²) >= 11 is 0. The molecule has 3 atom stereocenters. The van der Waals surface area contributed by atoms with Gasteiger partial charge in [-0.1, -0.05) is 54.6 Å². The number of ketones is 1. The Hall–Kier alpha value is -3.64. The fourth-order valence-electron chi connectivity index (χ4n) is 6.17. The number of esters is 1. The lowest BCUT2D eigenvalue weighted by molar-refractivity contribution is -0.143. The van der Waals surface area contributed by atoms with Crippen molar-refractivity contribution in [2.75, 3.05) is 20.8 Å². The van der Waals surface area contributed by atoms with Gasteiger partial charge < -0.3 is 14.2 Å². The lowest BCUT2D eigenvalue weighted by Gasteiger charge is -2.25. The summed E-state index contributed by atoms with van der Waals surface area (Å²) in [6.07, 6.45) is 1.06. The Kier molecular flexibility index (Phi) is 9.31. The van der Waals surface area contributed by atoms with E-state index in [1.165, 1.54) is 0 Å². The van der Waals surface area contributed by atoms with Gasteiger partial charge in [0.1, 0.15) is 11.5 Å². The van der Waals surface area contributed by atoms with Crippen LogP contribution in [0.15, 0.2) is 54.6 Å². The van der Waals surface area contributed by atoms with Crippen LogP contribution in [0.3, 0.4) is 0 Å². The van der Waals surface area contributed by atoms with Crippen LogP contribution in [0.2, 0.25) is 0 Å². The lowest BCUT2D eigenvalue weighted by atomic mass is 9.92. The number of carbonyl (C=O) groups is 2. The molecule has 1 unspecified atom stereocenters. The highest BCUT2D eigenvalue weighted by Crippen LogP contribution is 2.53. The maximum Gasteiger partial charge on any atom is 0.305 e. The highest BCUT2D eigenvalue weighted by atomic mass is 16.5. The van der Waals surface area contributed by atoms with Gasteiger partial charge >= 0.3 is 5.97 Å². The summed E-state index contributed by atoms with van der Waals surface area (Å²) in [4.78, 5) is 28.0. The molecular weight excluding hydrogens is 502 g/mol. The predicted molar refractivity (Wildman–Crippen MR) is 157 cm³/mol. The average Bonchev–Trinajstić information content (AvgIpc) is 3.64. The predicted octanol–water partition coefficient (Wildman–Crippen LogP) is 6.75. The van der Waals surface area contributed by atoms with Crippen LogP contribution in [0.25, 0.3) is 0 Å². The maximum absolute atomic E-state index is 13.7. The summed E-state index contributed by atoms with van der Waals surface area (Å²) in [5, 5.41) is 0. The summed E-state index contributed by atoms with van der Waals surface area (Å²) in [7, 11) is 3.40. The van der Waals surface area contributed by atoms with Crippen LogP contribution in [-0.4, -0.2) is 43.5 Å². The Labute approximate surface area is 238 Å². The average molecular weight is 544 g/mol. The van der Waals surface area contributed by atoms with Crippen molar-refractivity contribution in [3.05, 3.63) is 93.5 Å². The van der Waals surface area contributed by atoms with E-state index in [0.717, 1.165) is 50.4 Å². The summed E-state index contributed by atoms with van der Waals surface area (Å²) in [6, 6.07) is 18.4. The molecule has 40 heavy (non-hydrogen) atoms. The number of benzene rings is 3. The molecule has 0 radical (unpaired) electrons. The van der Waals surface area contributed by atoms with Gasteiger partial charge in [-0.15, -0.1) is 0 Å². The number of hydrogen-bond donors (Lipinski definition) is 0. The standard InChI is InChI=1S/C34H41NO5/c1-8-40-29(37)16-12-15-28(36)32-31(25-13-10-9-11-14-25)35(32)30(26-17-21(2)33(38-6)22(3)18-26)27-19-23(4)34(39-7)24(5)20-27/h9-11,13-14,17-20,30-32H,8,12,15-16H2,1-7H3/t31-,32+,35?/m0/s1. The molecule has 0 aromatic heterocycles. The van der Waals surface area contributed by atoms with Crippen molar-refractivity contribution >= 4 is 11.8 Å². The third-order valence-electron chi connectivity index (χ3n) is 7.74. The van der Waals surface area contributed by atoms with Crippen molar-refractivity contribution in [2.45, 2.75) is 72.0 Å². The molecule has 0 amide bonds. The van der Waals surface area contributed by atoms with E-state index < -0.39 is 0 Å². The fourth-order valence-corrected chi connectivity index (χ4v) is 6.17. The molecular formula is C34H41NO5. The van der Waals surface area contributed by atoms with Gasteiger partial charge in [-0.05, 0) is 80.0 Å². The van der Waals surface area contributed by atoms with Gasteiger partial charge in [0.05, 0.1) is 39.0 Å². The van der Waals surface area contributed by atoms with Crippen LogP contribution in [0.1, 0.15) is 77.2 Å². The van der Waals surface area contributed by atoms with Crippen LogP contribution in [0.5, 0.6) is 11.5 Å². The molecule has 6 nitrogen and oxygen atoms in total. The maximum atomic E-state index is 13.7. The number of hydrogen-bond acceptors (Lipinski definition) is 6. The van der Waals surface area contributed by atoms with Crippen molar-refractivity contribution in [2.24, 2.45) is 0 Å². The number of aryl methyl sites for hydroxylation is 4. The number of rotatable bonds is 12. The summed E-state index contributed by atoms with van der Waals surface area (Å²) in [5.74, 6) is 1.64. The zero-order valence-corrected chi connectivity index (χ0v) is 24.7. The minimum Gasteiger partial charge on any atom is -0.496 e. The minimum atomic E-state index is -0.292. The molecule has 3 aromatic carbocycles. The molecule has 1 heterocycles. The number of Topliss-reactive ketones (excluding diaryl/α,β-unsaturated/α-hetero) is 1. The minimum absolute atomic E-state index is 0.0632. The van der Waals surface area contributed by atoms with Crippen molar-refractivity contribution in [3.8, 4) is 11.5 Å². The molecule has 1 aliphatic rings. The lowest BCUT2D eigenvalue weighted by Crippen LogP contribution is -2.20. The van der Waals surface area contributed by atoms with Crippen LogP contribution in [0, 0.1) is 27.7 Å². The second kappa shape index (κ2) is 12.7. The molecule has 0 saturated carbocycles. The Balaban J connectivity index is 1.78. The van der Waals surface area contributed by atoms with Gasteiger partial charge in [-0.2, -0.15) is 0 Å². The van der Waals surface area contributed by atoms with E-state index in [9.17, 15) is 9.59 Å². The van der Waals surface area contributed by atoms with Crippen LogP contribution in [0.4, 0.5) is 0 Å². The first-order valence-corrected chi connectivity index (χ1v) is 14.0. The highest BCUT2D eigenvalue weighted by molar-refractivity contribution is 5.88. The number of ether oxygens (including phenoxy) is 3. The quantitative estimate of drug-likeness (QED) is 0.186. The third kappa shape index (κ3) is 6.07. The van der Waals surface area contributed by atoms with Gasteiger partial charge in [-0.3, -0.25) is 14.5 Å². The molecule has 3 aromatic rings. The summed E-state index contributed by atoms with van der Waals surface area (Å²) < 4.78 is 16.4. The van der Waals surface area contributed by atoms with Crippen molar-refractivity contribution in [1.29, 1.82) is 0 Å². The van der Waals surface area contributed by atoms with E-state index in [0.29, 0.717) is 19.4 Å². The molecule has 6 heteroatoms. The van der Waals surface area contributed by atoms with E-state index in [1.54, 1.807) is 21.1 Å². The monoisotopic (exact) mass is 543 g/mol. The van der Waals surface area contributed by atoms with Crippen LogP contribution < -0.4 is 9.47 Å². The molecule has 0 bridgehead atoms. The SMILES string of the molecule is CCOC(=O)CCCC(=O)[C@@H]1[C@H](c2ccccc2)N1C(c1cc(C)c(OC)c(C)c1)c1cc(C)c(OC)c(C)c1. The zero-order chi connectivity index (χ0) is 29.0. The second-order valence-corrected chi connectivity index (χ2v) is 10.7. The topological polar surface area (TPSA) is 64.8 Å². The molecule has 4 rings (SSSR count). The third-order valence-corrected chi connectivity index (χ3v) is 7.74. The van der Waals surface area contributed by atoms with E-state index in [4.69, 9.17) is 14.2 Å². The van der Waals surface area contributed by atoms with Gasteiger partial charge in [0.2, 0.25) is 0 Å². The molecule has 1 saturated heterocycles. The molecule has 0 spiro atoms. The highest BCUT2D eigenvalue weighted by Gasteiger charge is 2.56. The first kappa shape index (κ1) is 29.3. The molecule has 1 aliphatic heterocycles. The number of nitrogens with zero attached hydrogens (tertiary/aromatic N) is 1. The van der Waals surface area contributed by atoms with E-state index >= 15 is 0 Å². The molecule has 1 fully saturated rings. The van der Waals surface area contributed by atoms with E-state index in [1.807, 2.05) is 18.2 Å². The molecule has 212 valence electrons. The van der Waals surface area contributed by atoms with Gasteiger partial charge in [0.25, 0.3) is 0 Å². The Morgan fingerprint density at radius 1 is 0.800 bits per heavy atom. The number of methoxy groups -OCH3 is 2. The largest absolute Gasteiger partial charge is 0.496 e. The Morgan fingerprint density at radius 3 is 1.75 bits per heavy atom. The van der Waals surface area contributed by atoms with E-state index in [-0.39, 0.29) is 36.3 Å². The van der Waals surface area contributed by atoms with Crippen molar-refractivity contribution in [1.82, 2.24) is 4.90 Å². The second-order valence-electron chi connectivity index (χ2n) is 10.7. The summed E-state index contributed by atoms with van der Waals surface area (Å²) in [5.41, 5.74) is 7.56. The zero-order valence-electron chi connectivity index (χ0n) is 24.7. The Bertz CT molecular complexity index is 1260. The number of carbonyl (C=O) groups excluding carboxylic acids is 2.